The molecule has 194 valence electrons. The Hall–Kier alpha value is -3.27. The Morgan fingerprint density at radius 2 is 1.62 bits per heavy atom. The van der Waals surface area contributed by atoms with Crippen LogP contribution in [-0.4, -0.2) is 43.4 Å². The largest absolute Gasteiger partial charge is 0.492 e. The number of piperidine rings is 1. The summed E-state index contributed by atoms with van der Waals surface area (Å²) in [6.45, 7) is 3.65. The van der Waals surface area contributed by atoms with Gasteiger partial charge < -0.3 is 10.1 Å². The zero-order chi connectivity index (χ0) is 26.3. The van der Waals surface area contributed by atoms with Crippen molar-refractivity contribution < 1.29 is 17.9 Å². The third-order valence-corrected chi connectivity index (χ3v) is 8.46. The number of hydrogen-bond donors (Lipinski definition) is 2. The summed E-state index contributed by atoms with van der Waals surface area (Å²) in [7, 11) is -3.53. The van der Waals surface area contributed by atoms with Gasteiger partial charge in [-0.2, -0.15) is 4.31 Å². The Bertz CT molecular complexity index is 1320. The first-order valence-electron chi connectivity index (χ1n) is 12.3. The zero-order valence-corrected chi connectivity index (χ0v) is 22.4. The standard InChI is InChI=1S/C28H31N3O4S2/c1-21-15-18-31(19-16-21)37(33,34)24-13-11-23(12-14-24)29-28(36)30-27(32)25-9-5-6-10-26(25)35-20-17-22-7-3-2-4-8-22/h2-14,21H,15-20H2,1H3,(H2,29,30,32,36). The molecule has 0 aliphatic carbocycles. The lowest BCUT2D eigenvalue weighted by Gasteiger charge is -2.29. The van der Waals surface area contributed by atoms with E-state index < -0.39 is 15.9 Å². The molecule has 3 aromatic rings. The predicted octanol–water partition coefficient (Wildman–Crippen LogP) is 4.86. The van der Waals surface area contributed by atoms with Gasteiger partial charge in [-0.15, -0.1) is 0 Å². The third-order valence-electron chi connectivity index (χ3n) is 6.34. The second-order valence-corrected chi connectivity index (χ2v) is 11.4. The molecule has 1 aliphatic heterocycles. The molecular weight excluding hydrogens is 506 g/mol. The highest BCUT2D eigenvalue weighted by molar-refractivity contribution is 7.89. The molecule has 2 N–H and O–H groups in total. The van der Waals surface area contributed by atoms with Gasteiger partial charge in [0.1, 0.15) is 5.75 Å². The van der Waals surface area contributed by atoms with Crippen molar-refractivity contribution >= 4 is 38.9 Å². The molecule has 0 bridgehead atoms. The lowest BCUT2D eigenvalue weighted by atomic mass is 10.0. The second-order valence-electron chi connectivity index (χ2n) is 9.10. The quantitative estimate of drug-likeness (QED) is 0.399. The van der Waals surface area contributed by atoms with Crippen LogP contribution in [0.3, 0.4) is 0 Å². The summed E-state index contributed by atoms with van der Waals surface area (Å²) in [5.74, 6) is 0.619. The number of para-hydroxylation sites is 1. The van der Waals surface area contributed by atoms with Crippen molar-refractivity contribution in [2.75, 3.05) is 25.0 Å². The number of thiocarbonyl (C=S) groups is 1. The summed E-state index contributed by atoms with van der Waals surface area (Å²) in [4.78, 5) is 13.1. The maximum absolute atomic E-state index is 12.9. The van der Waals surface area contributed by atoms with Crippen molar-refractivity contribution in [1.82, 2.24) is 9.62 Å². The Kier molecular flexibility index (Phi) is 8.91. The van der Waals surface area contributed by atoms with E-state index in [-0.39, 0.29) is 10.0 Å². The maximum atomic E-state index is 12.9. The number of nitrogens with one attached hydrogen (secondary N) is 2. The van der Waals surface area contributed by atoms with Crippen LogP contribution >= 0.6 is 12.2 Å². The normalized spacial score (nSPS) is 14.6. The minimum absolute atomic E-state index is 0.102. The molecule has 1 aliphatic rings. The smallest absolute Gasteiger partial charge is 0.261 e. The van der Waals surface area contributed by atoms with Crippen molar-refractivity contribution in [2.24, 2.45) is 5.92 Å². The number of hydrogen-bond acceptors (Lipinski definition) is 5. The SMILES string of the molecule is CC1CCN(S(=O)(=O)c2ccc(NC(=S)NC(=O)c3ccccc3OCCc3ccccc3)cc2)CC1. The lowest BCUT2D eigenvalue weighted by Crippen LogP contribution is -2.37. The number of amides is 1. The molecule has 7 nitrogen and oxygen atoms in total. The molecule has 0 aromatic heterocycles. The molecule has 1 fully saturated rings. The van der Waals surface area contributed by atoms with Gasteiger partial charge in [0.15, 0.2) is 5.11 Å². The van der Waals surface area contributed by atoms with Crippen molar-refractivity contribution in [1.29, 1.82) is 0 Å². The molecule has 1 amide bonds. The molecule has 37 heavy (non-hydrogen) atoms. The second kappa shape index (κ2) is 12.3. The highest BCUT2D eigenvalue weighted by Gasteiger charge is 2.28. The topological polar surface area (TPSA) is 87.7 Å². The van der Waals surface area contributed by atoms with Crippen molar-refractivity contribution in [3.8, 4) is 5.75 Å². The monoisotopic (exact) mass is 537 g/mol. The Morgan fingerprint density at radius 1 is 0.973 bits per heavy atom. The van der Waals surface area contributed by atoms with E-state index in [1.54, 1.807) is 46.8 Å². The number of nitrogens with zero attached hydrogens (tertiary/aromatic N) is 1. The van der Waals surface area contributed by atoms with Crippen LogP contribution in [0.5, 0.6) is 5.75 Å². The third kappa shape index (κ3) is 7.15. The van der Waals surface area contributed by atoms with Crippen molar-refractivity contribution in [3.63, 3.8) is 0 Å². The Labute approximate surface area is 223 Å². The zero-order valence-electron chi connectivity index (χ0n) is 20.7. The predicted molar refractivity (Wildman–Crippen MR) is 149 cm³/mol. The molecular formula is C28H31N3O4S2. The fraction of sp³-hybridized carbons (Fsp3) is 0.286. The van der Waals surface area contributed by atoms with E-state index in [9.17, 15) is 13.2 Å². The van der Waals surface area contributed by atoms with E-state index in [0.717, 1.165) is 24.8 Å². The van der Waals surface area contributed by atoms with Gasteiger partial charge in [-0.05, 0) is 72.9 Å². The van der Waals surface area contributed by atoms with E-state index in [0.29, 0.717) is 42.6 Å². The number of benzene rings is 3. The van der Waals surface area contributed by atoms with Crippen LogP contribution in [0, 0.1) is 5.92 Å². The minimum Gasteiger partial charge on any atom is -0.492 e. The molecule has 0 spiro atoms. The number of carbonyl (C=O) groups excluding carboxylic acids is 1. The number of anilines is 1. The van der Waals surface area contributed by atoms with Gasteiger partial charge in [0.05, 0.1) is 17.1 Å². The Morgan fingerprint density at radius 3 is 2.32 bits per heavy atom. The van der Waals surface area contributed by atoms with Gasteiger partial charge >= 0.3 is 0 Å². The van der Waals surface area contributed by atoms with Crippen LogP contribution in [0.15, 0.2) is 83.8 Å². The average Bonchev–Trinajstić information content (AvgIpc) is 2.90. The first-order chi connectivity index (χ1) is 17.8. The van der Waals surface area contributed by atoms with E-state index in [1.807, 2.05) is 36.4 Å². The van der Waals surface area contributed by atoms with Crippen molar-refractivity contribution in [2.45, 2.75) is 31.1 Å². The summed E-state index contributed by atoms with van der Waals surface area (Å²) in [6, 6.07) is 23.4. The van der Waals surface area contributed by atoms with Crippen molar-refractivity contribution in [3.05, 3.63) is 90.0 Å². The van der Waals surface area contributed by atoms with Crippen LogP contribution in [-0.2, 0) is 16.4 Å². The van der Waals surface area contributed by atoms with Gasteiger partial charge in [-0.25, -0.2) is 8.42 Å². The molecule has 3 aromatic carbocycles. The number of ether oxygens (including phenoxy) is 1. The van der Waals surface area contributed by atoms with Gasteiger partial charge in [-0.1, -0.05) is 49.4 Å². The van der Waals surface area contributed by atoms with E-state index in [2.05, 4.69) is 17.6 Å². The van der Waals surface area contributed by atoms with E-state index >= 15 is 0 Å². The van der Waals surface area contributed by atoms with Crippen LogP contribution in [0.4, 0.5) is 5.69 Å². The molecule has 4 rings (SSSR count). The van der Waals surface area contributed by atoms with Gasteiger partial charge in [0, 0.05) is 25.2 Å². The van der Waals surface area contributed by atoms with Gasteiger partial charge in [0.25, 0.3) is 5.91 Å². The molecule has 0 atom stereocenters. The summed E-state index contributed by atoms with van der Waals surface area (Å²) < 4.78 is 33.3. The minimum atomic E-state index is -3.53. The van der Waals surface area contributed by atoms with Gasteiger partial charge in [0.2, 0.25) is 10.0 Å². The first-order valence-corrected chi connectivity index (χ1v) is 14.2. The van der Waals surface area contributed by atoms with Gasteiger partial charge in [-0.3, -0.25) is 10.1 Å². The lowest BCUT2D eigenvalue weighted by molar-refractivity contribution is 0.0973. The number of sulfonamides is 1. The Balaban J connectivity index is 1.32. The number of rotatable bonds is 8. The van der Waals surface area contributed by atoms with Crippen LogP contribution in [0.25, 0.3) is 0 Å². The highest BCUT2D eigenvalue weighted by atomic mass is 32.2. The molecule has 1 heterocycles. The average molecular weight is 538 g/mol. The van der Waals surface area contributed by atoms with Crippen LogP contribution < -0.4 is 15.4 Å². The molecule has 0 unspecified atom stereocenters. The fourth-order valence-electron chi connectivity index (χ4n) is 4.12. The summed E-state index contributed by atoms with van der Waals surface area (Å²) >= 11 is 5.32. The fourth-order valence-corrected chi connectivity index (χ4v) is 5.80. The summed E-state index contributed by atoms with van der Waals surface area (Å²) in [6.07, 6.45) is 2.46. The molecule has 0 saturated carbocycles. The highest BCUT2D eigenvalue weighted by Crippen LogP contribution is 2.24. The van der Waals surface area contributed by atoms with Crippen LogP contribution in [0.2, 0.25) is 0 Å². The van der Waals surface area contributed by atoms with E-state index in [1.165, 1.54) is 0 Å². The summed E-state index contributed by atoms with van der Waals surface area (Å²) in [5, 5.41) is 5.71. The molecule has 1 saturated heterocycles. The summed E-state index contributed by atoms with van der Waals surface area (Å²) in [5.41, 5.74) is 2.10. The van der Waals surface area contributed by atoms with Crippen LogP contribution in [0.1, 0.15) is 35.7 Å². The van der Waals surface area contributed by atoms with E-state index in [4.69, 9.17) is 17.0 Å². The number of carbonyl (C=O) groups is 1. The molecule has 9 heteroatoms. The maximum Gasteiger partial charge on any atom is 0.261 e. The first kappa shape index (κ1) is 26.8. The molecule has 0 radical (unpaired) electrons.